The molecule has 2 nitrogen and oxygen atoms in total. The highest BCUT2D eigenvalue weighted by Gasteiger charge is 2.30. The van der Waals surface area contributed by atoms with Crippen molar-refractivity contribution in [2.24, 2.45) is 0 Å². The maximum atomic E-state index is 12.9. The monoisotopic (exact) mass is 372 g/mol. The molecule has 0 radical (unpaired) electrons. The van der Waals surface area contributed by atoms with E-state index in [1.54, 1.807) is 0 Å². The van der Waals surface area contributed by atoms with Crippen LogP contribution in [0.2, 0.25) is 0 Å². The lowest BCUT2D eigenvalue weighted by molar-refractivity contribution is -0.135. The van der Waals surface area contributed by atoms with Gasteiger partial charge in [-0.1, -0.05) is 85.8 Å². The Labute approximate surface area is 168 Å². The van der Waals surface area contributed by atoms with Crippen LogP contribution in [0.1, 0.15) is 42.0 Å². The van der Waals surface area contributed by atoms with Gasteiger partial charge in [-0.25, -0.2) is 0 Å². The third kappa shape index (κ3) is 4.89. The van der Waals surface area contributed by atoms with E-state index < -0.39 is 0 Å². The molecule has 0 saturated heterocycles. The molecule has 0 aromatic heterocycles. The number of benzene rings is 3. The number of para-hydroxylation sites is 1. The Morgan fingerprint density at radius 2 is 1.39 bits per heavy atom. The second kappa shape index (κ2) is 8.88. The van der Waals surface area contributed by atoms with E-state index in [2.05, 4.69) is 43.3 Å². The zero-order valence-corrected chi connectivity index (χ0v) is 16.9. The van der Waals surface area contributed by atoms with Crippen molar-refractivity contribution in [1.29, 1.82) is 0 Å². The van der Waals surface area contributed by atoms with Crippen LogP contribution in [0.25, 0.3) is 0 Å². The summed E-state index contributed by atoms with van der Waals surface area (Å²) in [4.78, 5) is 12.9. The fourth-order valence-corrected chi connectivity index (χ4v) is 3.67. The fourth-order valence-electron chi connectivity index (χ4n) is 3.67. The molecule has 0 spiro atoms. The van der Waals surface area contributed by atoms with Gasteiger partial charge in [-0.3, -0.25) is 4.79 Å². The van der Waals surface area contributed by atoms with Gasteiger partial charge in [0.1, 0.15) is 5.75 Å². The van der Waals surface area contributed by atoms with Crippen LogP contribution >= 0.6 is 0 Å². The van der Waals surface area contributed by atoms with Gasteiger partial charge >= 0.3 is 5.97 Å². The molecule has 3 rings (SSSR count). The molecule has 0 amide bonds. The molecule has 0 aliphatic rings. The predicted octanol–water partition coefficient (Wildman–Crippen LogP) is 6.19. The van der Waals surface area contributed by atoms with Gasteiger partial charge in [0.25, 0.3) is 0 Å². The second-order valence-corrected chi connectivity index (χ2v) is 7.78. The van der Waals surface area contributed by atoms with Crippen LogP contribution in [0.5, 0.6) is 5.75 Å². The number of aryl methyl sites for hydroxylation is 3. The van der Waals surface area contributed by atoms with Crippen LogP contribution in [0.15, 0.2) is 78.9 Å². The van der Waals surface area contributed by atoms with Gasteiger partial charge in [-0.2, -0.15) is 0 Å². The summed E-state index contributed by atoms with van der Waals surface area (Å²) in [6, 6.07) is 26.7. The largest absolute Gasteiger partial charge is 0.426 e. The van der Waals surface area contributed by atoms with Gasteiger partial charge in [0, 0.05) is 5.41 Å². The first-order chi connectivity index (χ1) is 13.5. The molecule has 0 aliphatic carbocycles. The van der Waals surface area contributed by atoms with E-state index in [4.69, 9.17) is 4.74 Å². The van der Waals surface area contributed by atoms with Crippen LogP contribution in [0.3, 0.4) is 0 Å². The average Bonchev–Trinajstić information content (AvgIpc) is 2.71. The minimum atomic E-state index is -0.287. The molecule has 0 N–H and O–H groups in total. The van der Waals surface area contributed by atoms with Crippen molar-refractivity contribution < 1.29 is 9.53 Å². The predicted molar refractivity (Wildman–Crippen MR) is 115 cm³/mol. The molecule has 0 fully saturated rings. The summed E-state index contributed by atoms with van der Waals surface area (Å²) in [5.74, 6) is 0.503. The number of carbonyl (C=O) groups excluding carboxylic acids is 1. The zero-order valence-electron chi connectivity index (χ0n) is 16.9. The highest BCUT2D eigenvalue weighted by Crippen LogP contribution is 2.34. The van der Waals surface area contributed by atoms with Gasteiger partial charge in [-0.05, 0) is 48.9 Å². The van der Waals surface area contributed by atoms with E-state index in [-0.39, 0.29) is 11.4 Å². The summed E-state index contributed by atoms with van der Waals surface area (Å²) in [6.45, 7) is 6.11. The standard InChI is InChI=1S/C26H28O2/c1-20-11-10-12-21(2)25(20)28-24(27)19-26(3,23-15-8-5-9-16-23)18-17-22-13-6-4-7-14-22/h4-16H,17-19H2,1-3H3/t26-/m1/s1. The first-order valence-corrected chi connectivity index (χ1v) is 9.84. The number of ether oxygens (including phenoxy) is 1. The van der Waals surface area contributed by atoms with E-state index >= 15 is 0 Å². The average molecular weight is 373 g/mol. The molecule has 3 aromatic rings. The summed E-state index contributed by atoms with van der Waals surface area (Å²) >= 11 is 0. The third-order valence-corrected chi connectivity index (χ3v) is 5.44. The Kier molecular flexibility index (Phi) is 6.30. The summed E-state index contributed by atoms with van der Waals surface area (Å²) < 4.78 is 5.81. The highest BCUT2D eigenvalue weighted by molar-refractivity contribution is 5.75. The van der Waals surface area contributed by atoms with E-state index in [0.29, 0.717) is 12.2 Å². The minimum absolute atomic E-state index is 0.184. The molecule has 0 saturated carbocycles. The molecule has 1 atom stereocenters. The first-order valence-electron chi connectivity index (χ1n) is 9.84. The van der Waals surface area contributed by atoms with Crippen molar-refractivity contribution in [2.75, 3.05) is 0 Å². The van der Waals surface area contributed by atoms with Crippen LogP contribution < -0.4 is 4.74 Å². The normalized spacial score (nSPS) is 13.0. The number of hydrogen-bond donors (Lipinski definition) is 0. The molecule has 0 unspecified atom stereocenters. The molecule has 0 heterocycles. The van der Waals surface area contributed by atoms with Crippen LogP contribution in [0.4, 0.5) is 0 Å². The lowest BCUT2D eigenvalue weighted by atomic mass is 9.75. The lowest BCUT2D eigenvalue weighted by Crippen LogP contribution is -2.29. The Morgan fingerprint density at radius 1 is 0.821 bits per heavy atom. The van der Waals surface area contributed by atoms with Crippen molar-refractivity contribution in [2.45, 2.75) is 45.4 Å². The topological polar surface area (TPSA) is 26.3 Å². The molecule has 0 bridgehead atoms. The van der Waals surface area contributed by atoms with Crippen molar-refractivity contribution in [3.8, 4) is 5.75 Å². The van der Waals surface area contributed by atoms with E-state index in [0.717, 1.165) is 24.0 Å². The molecule has 3 aromatic carbocycles. The Balaban J connectivity index is 1.80. The highest BCUT2D eigenvalue weighted by atomic mass is 16.5. The Hall–Kier alpha value is -2.87. The van der Waals surface area contributed by atoms with Crippen LogP contribution in [-0.2, 0) is 16.6 Å². The molecule has 2 heteroatoms. The van der Waals surface area contributed by atoms with E-state index in [1.165, 1.54) is 11.1 Å². The number of esters is 1. The number of carbonyl (C=O) groups is 1. The Morgan fingerprint density at radius 3 is 2.00 bits per heavy atom. The van der Waals surface area contributed by atoms with E-state index in [1.807, 2.05) is 56.3 Å². The molecule has 0 aliphatic heterocycles. The number of hydrogen-bond acceptors (Lipinski definition) is 2. The van der Waals surface area contributed by atoms with E-state index in [9.17, 15) is 4.79 Å². The summed E-state index contributed by atoms with van der Waals surface area (Å²) in [5, 5.41) is 0. The van der Waals surface area contributed by atoms with Crippen molar-refractivity contribution in [3.63, 3.8) is 0 Å². The van der Waals surface area contributed by atoms with Gasteiger partial charge in [0.15, 0.2) is 0 Å². The van der Waals surface area contributed by atoms with Crippen molar-refractivity contribution in [1.82, 2.24) is 0 Å². The fraction of sp³-hybridized carbons (Fsp3) is 0.269. The first kappa shape index (κ1) is 19.9. The van der Waals surface area contributed by atoms with Crippen LogP contribution in [-0.4, -0.2) is 5.97 Å². The zero-order chi connectivity index (χ0) is 20.0. The third-order valence-electron chi connectivity index (χ3n) is 5.44. The number of rotatable bonds is 7. The molecular formula is C26H28O2. The van der Waals surface area contributed by atoms with Crippen molar-refractivity contribution >= 4 is 5.97 Å². The SMILES string of the molecule is Cc1cccc(C)c1OC(=O)C[C@@](C)(CCc1ccccc1)c1ccccc1. The maximum absolute atomic E-state index is 12.9. The lowest BCUT2D eigenvalue weighted by Gasteiger charge is -2.30. The molecule has 28 heavy (non-hydrogen) atoms. The van der Waals surface area contributed by atoms with Gasteiger partial charge in [0.05, 0.1) is 6.42 Å². The summed E-state index contributed by atoms with van der Waals surface area (Å²) in [7, 11) is 0. The summed E-state index contributed by atoms with van der Waals surface area (Å²) in [6.07, 6.45) is 2.14. The minimum Gasteiger partial charge on any atom is -0.426 e. The smallest absolute Gasteiger partial charge is 0.312 e. The van der Waals surface area contributed by atoms with Gasteiger partial charge in [-0.15, -0.1) is 0 Å². The summed E-state index contributed by atoms with van der Waals surface area (Å²) in [5.41, 5.74) is 4.14. The molecular weight excluding hydrogens is 344 g/mol. The maximum Gasteiger partial charge on any atom is 0.312 e. The van der Waals surface area contributed by atoms with Crippen molar-refractivity contribution in [3.05, 3.63) is 101 Å². The van der Waals surface area contributed by atoms with Crippen LogP contribution in [0, 0.1) is 13.8 Å². The second-order valence-electron chi connectivity index (χ2n) is 7.78. The van der Waals surface area contributed by atoms with Gasteiger partial charge in [0.2, 0.25) is 0 Å². The van der Waals surface area contributed by atoms with Gasteiger partial charge < -0.3 is 4.74 Å². The Bertz CT molecular complexity index is 895. The molecule has 144 valence electrons. The quantitative estimate of drug-likeness (QED) is 0.365.